The van der Waals surface area contributed by atoms with Crippen molar-refractivity contribution in [2.24, 2.45) is 35.0 Å². The zero-order valence-corrected chi connectivity index (χ0v) is 11.9. The van der Waals surface area contributed by atoms with Crippen LogP contribution in [0, 0.1) is 35.0 Å². The van der Waals surface area contributed by atoms with E-state index in [1.807, 2.05) is 0 Å². The minimum Gasteiger partial charge on any atom is -0.302 e. The molecule has 0 saturated heterocycles. The van der Waals surface area contributed by atoms with Crippen LogP contribution in [0.1, 0.15) is 57.8 Å². The molecule has 1 nitrogen and oxygen atoms in total. The van der Waals surface area contributed by atoms with Crippen molar-refractivity contribution in [3.8, 4) is 0 Å². The molecule has 0 bridgehead atoms. The zero-order chi connectivity index (χ0) is 12.9. The molecule has 0 aromatic heterocycles. The molecule has 0 aromatic carbocycles. The van der Waals surface area contributed by atoms with Gasteiger partial charge in [-0.1, -0.05) is 31.4 Å². The number of carbonyl (C=O) groups is 1. The van der Waals surface area contributed by atoms with E-state index < -0.39 is 0 Å². The van der Waals surface area contributed by atoms with Crippen LogP contribution in [-0.4, -0.2) is 6.29 Å². The second-order valence-electron chi connectivity index (χ2n) is 7.63. The number of rotatable bonds is 1. The first-order chi connectivity index (χ1) is 9.34. The minimum absolute atomic E-state index is 0.0529. The van der Waals surface area contributed by atoms with Crippen LogP contribution < -0.4 is 0 Å². The summed E-state index contributed by atoms with van der Waals surface area (Å²) in [7, 11) is 0. The summed E-state index contributed by atoms with van der Waals surface area (Å²) in [5.41, 5.74) is -0.0529. The third-order valence-electron chi connectivity index (χ3n) is 7.09. The Kier molecular flexibility index (Phi) is 2.86. The standard InChI is InChI=1S/C18H26O/c19-12-18-10-3-6-17(18)16-8-7-13-4-1-2-5-14(13)15(16)9-11-18/h3,10,12-17H,1-2,4-9,11H2/t13?,14-,15+,16+,17-,18-/m0/s1. The Morgan fingerprint density at radius 2 is 1.84 bits per heavy atom. The molecule has 0 heterocycles. The van der Waals surface area contributed by atoms with Crippen LogP contribution in [0.25, 0.3) is 0 Å². The van der Waals surface area contributed by atoms with Gasteiger partial charge in [0.25, 0.3) is 0 Å². The molecule has 0 N–H and O–H groups in total. The normalized spacial score (nSPS) is 52.1. The Balaban J connectivity index is 1.61. The van der Waals surface area contributed by atoms with Gasteiger partial charge in [-0.25, -0.2) is 0 Å². The van der Waals surface area contributed by atoms with Gasteiger partial charge in [0.05, 0.1) is 0 Å². The van der Waals surface area contributed by atoms with Crippen molar-refractivity contribution in [2.75, 3.05) is 0 Å². The number of fused-ring (bicyclic) bond motifs is 5. The fourth-order valence-electron chi connectivity index (χ4n) is 6.25. The maximum absolute atomic E-state index is 11.7. The smallest absolute Gasteiger partial charge is 0.130 e. The van der Waals surface area contributed by atoms with Crippen LogP contribution in [0.3, 0.4) is 0 Å². The third-order valence-corrected chi connectivity index (χ3v) is 7.09. The van der Waals surface area contributed by atoms with Crippen LogP contribution in [0.4, 0.5) is 0 Å². The molecule has 1 unspecified atom stereocenters. The lowest BCUT2D eigenvalue weighted by atomic mass is 9.50. The van der Waals surface area contributed by atoms with Gasteiger partial charge in [0, 0.05) is 5.41 Å². The molecular weight excluding hydrogens is 232 g/mol. The number of carbonyl (C=O) groups excluding carboxylic acids is 1. The molecule has 4 aliphatic rings. The molecule has 4 rings (SSSR count). The quantitative estimate of drug-likeness (QED) is 0.504. The fourth-order valence-corrected chi connectivity index (χ4v) is 6.25. The SMILES string of the molecule is O=C[C@@]12C=CC[C@H]1[C@@H]1CCC3CCCC[C@@H]3[C@H]1CC2. The molecule has 3 saturated carbocycles. The summed E-state index contributed by atoms with van der Waals surface area (Å²) < 4.78 is 0. The molecule has 0 amide bonds. The molecule has 0 radical (unpaired) electrons. The van der Waals surface area contributed by atoms with Crippen molar-refractivity contribution >= 4 is 6.29 Å². The second kappa shape index (κ2) is 4.46. The van der Waals surface area contributed by atoms with E-state index in [9.17, 15) is 4.79 Å². The van der Waals surface area contributed by atoms with Crippen LogP contribution in [-0.2, 0) is 4.79 Å². The highest BCUT2D eigenvalue weighted by Gasteiger charge is 2.53. The van der Waals surface area contributed by atoms with E-state index in [0.717, 1.165) is 30.1 Å². The highest BCUT2D eigenvalue weighted by Crippen LogP contribution is 2.60. The highest BCUT2D eigenvalue weighted by molar-refractivity contribution is 5.65. The van der Waals surface area contributed by atoms with E-state index in [0.29, 0.717) is 5.92 Å². The predicted molar refractivity (Wildman–Crippen MR) is 76.6 cm³/mol. The van der Waals surface area contributed by atoms with Crippen molar-refractivity contribution in [1.29, 1.82) is 0 Å². The Labute approximate surface area is 116 Å². The highest BCUT2D eigenvalue weighted by atomic mass is 16.1. The van der Waals surface area contributed by atoms with E-state index in [-0.39, 0.29) is 5.41 Å². The van der Waals surface area contributed by atoms with Crippen molar-refractivity contribution in [1.82, 2.24) is 0 Å². The first kappa shape index (κ1) is 12.2. The summed E-state index contributed by atoms with van der Waals surface area (Å²) in [5.74, 6) is 4.52. The van der Waals surface area contributed by atoms with Crippen LogP contribution in [0.15, 0.2) is 12.2 Å². The summed E-state index contributed by atoms with van der Waals surface area (Å²) >= 11 is 0. The summed E-state index contributed by atoms with van der Waals surface area (Å²) in [4.78, 5) is 11.7. The first-order valence-corrected chi connectivity index (χ1v) is 8.48. The molecule has 6 atom stereocenters. The largest absolute Gasteiger partial charge is 0.302 e. The van der Waals surface area contributed by atoms with E-state index in [4.69, 9.17) is 0 Å². The molecule has 19 heavy (non-hydrogen) atoms. The number of allylic oxidation sites excluding steroid dienone is 2. The number of aldehydes is 1. The summed E-state index contributed by atoms with van der Waals surface area (Å²) in [6.45, 7) is 0. The van der Waals surface area contributed by atoms with Crippen molar-refractivity contribution in [2.45, 2.75) is 57.8 Å². The molecule has 4 aliphatic carbocycles. The van der Waals surface area contributed by atoms with E-state index in [1.54, 1.807) is 0 Å². The molecule has 0 aliphatic heterocycles. The fraction of sp³-hybridized carbons (Fsp3) is 0.833. The number of hydrogen-bond donors (Lipinski definition) is 0. The third kappa shape index (κ3) is 1.69. The minimum atomic E-state index is -0.0529. The number of hydrogen-bond acceptors (Lipinski definition) is 1. The Hall–Kier alpha value is -0.590. The average molecular weight is 258 g/mol. The van der Waals surface area contributed by atoms with Gasteiger partial charge in [-0.05, 0) is 68.1 Å². The van der Waals surface area contributed by atoms with Gasteiger partial charge in [0.15, 0.2) is 0 Å². The van der Waals surface area contributed by atoms with Crippen molar-refractivity contribution < 1.29 is 4.79 Å². The lowest BCUT2D eigenvalue weighted by Crippen LogP contribution is -2.48. The molecule has 0 aromatic rings. The lowest BCUT2D eigenvalue weighted by Gasteiger charge is -2.54. The van der Waals surface area contributed by atoms with E-state index >= 15 is 0 Å². The van der Waals surface area contributed by atoms with Gasteiger partial charge in [-0.15, -0.1) is 0 Å². The first-order valence-electron chi connectivity index (χ1n) is 8.48. The van der Waals surface area contributed by atoms with Gasteiger partial charge in [0.2, 0.25) is 0 Å². The second-order valence-corrected chi connectivity index (χ2v) is 7.63. The molecule has 0 spiro atoms. The Bertz CT molecular complexity index is 398. The maximum atomic E-state index is 11.7. The molecular formula is C18H26O. The topological polar surface area (TPSA) is 17.1 Å². The Morgan fingerprint density at radius 1 is 0.947 bits per heavy atom. The van der Waals surface area contributed by atoms with Gasteiger partial charge in [-0.3, -0.25) is 0 Å². The van der Waals surface area contributed by atoms with E-state index in [2.05, 4.69) is 12.2 Å². The van der Waals surface area contributed by atoms with E-state index in [1.165, 1.54) is 57.7 Å². The zero-order valence-electron chi connectivity index (χ0n) is 11.9. The van der Waals surface area contributed by atoms with Gasteiger partial charge < -0.3 is 4.79 Å². The van der Waals surface area contributed by atoms with Gasteiger partial charge >= 0.3 is 0 Å². The monoisotopic (exact) mass is 258 g/mol. The van der Waals surface area contributed by atoms with Crippen molar-refractivity contribution in [3.05, 3.63) is 12.2 Å². The maximum Gasteiger partial charge on any atom is 0.130 e. The summed E-state index contributed by atoms with van der Waals surface area (Å²) in [6.07, 6.45) is 18.3. The van der Waals surface area contributed by atoms with Crippen molar-refractivity contribution in [3.63, 3.8) is 0 Å². The van der Waals surface area contributed by atoms with Crippen LogP contribution in [0.2, 0.25) is 0 Å². The summed E-state index contributed by atoms with van der Waals surface area (Å²) in [5, 5.41) is 0. The summed E-state index contributed by atoms with van der Waals surface area (Å²) in [6, 6.07) is 0. The molecule has 104 valence electrons. The lowest BCUT2D eigenvalue weighted by molar-refractivity contribution is -0.123. The van der Waals surface area contributed by atoms with Gasteiger partial charge in [0.1, 0.15) is 6.29 Å². The van der Waals surface area contributed by atoms with Crippen LogP contribution >= 0.6 is 0 Å². The molecule has 3 fully saturated rings. The Morgan fingerprint density at radius 3 is 2.74 bits per heavy atom. The predicted octanol–water partition coefficient (Wildman–Crippen LogP) is 4.37. The average Bonchev–Trinajstić information content (AvgIpc) is 2.91. The van der Waals surface area contributed by atoms with Gasteiger partial charge in [-0.2, -0.15) is 0 Å². The molecule has 1 heteroatoms. The van der Waals surface area contributed by atoms with Crippen LogP contribution in [0.5, 0.6) is 0 Å².